The molecular weight excluding hydrogens is 167 g/mol. The number of rotatable bonds is 2. The van der Waals surface area contributed by atoms with E-state index in [2.05, 4.69) is 0 Å². The fourth-order valence-electron chi connectivity index (χ4n) is 1.52. The molecule has 4 nitrogen and oxygen atoms in total. The minimum absolute atomic E-state index is 0.174. The molecule has 0 radical (unpaired) electrons. The summed E-state index contributed by atoms with van der Waals surface area (Å²) in [6, 6.07) is 0. The van der Waals surface area contributed by atoms with Crippen molar-refractivity contribution in [3.63, 3.8) is 0 Å². The Morgan fingerprint density at radius 2 is 1.42 bits per heavy atom. The number of carboxylic acid groups (broad SMARTS) is 2. The first-order chi connectivity index (χ1) is 5.52. The van der Waals surface area contributed by atoms with Gasteiger partial charge in [0.1, 0.15) is 6.17 Å². The molecule has 2 atom stereocenters. The number of hydrogen-bond acceptors (Lipinski definition) is 2. The van der Waals surface area contributed by atoms with E-state index in [9.17, 15) is 14.0 Å². The first kappa shape index (κ1) is 8.96. The molecular formula is C7H9FO4. The lowest BCUT2D eigenvalue weighted by molar-refractivity contribution is -0.152. The molecule has 12 heavy (non-hydrogen) atoms. The topological polar surface area (TPSA) is 74.6 Å². The Hall–Kier alpha value is -1.13. The van der Waals surface area contributed by atoms with E-state index in [0.29, 0.717) is 0 Å². The van der Waals surface area contributed by atoms with E-state index in [4.69, 9.17) is 10.2 Å². The van der Waals surface area contributed by atoms with Crippen molar-refractivity contribution < 1.29 is 24.2 Å². The molecule has 0 bridgehead atoms. The van der Waals surface area contributed by atoms with Gasteiger partial charge in [-0.15, -0.1) is 0 Å². The third kappa shape index (κ3) is 1.54. The highest BCUT2D eigenvalue weighted by molar-refractivity contribution is 5.80. The first-order valence-corrected chi connectivity index (χ1v) is 3.62. The highest BCUT2D eigenvalue weighted by Gasteiger charge is 2.43. The lowest BCUT2D eigenvalue weighted by Gasteiger charge is -2.08. The maximum atomic E-state index is 12.6. The average molecular weight is 176 g/mol. The minimum Gasteiger partial charge on any atom is -0.481 e. The van der Waals surface area contributed by atoms with Gasteiger partial charge in [0, 0.05) is 0 Å². The van der Waals surface area contributed by atoms with Crippen molar-refractivity contribution in [2.45, 2.75) is 19.0 Å². The van der Waals surface area contributed by atoms with Gasteiger partial charge in [0.15, 0.2) is 0 Å². The quantitative estimate of drug-likeness (QED) is 0.643. The molecule has 2 N–H and O–H groups in total. The van der Waals surface area contributed by atoms with Crippen molar-refractivity contribution in [2.24, 2.45) is 11.8 Å². The van der Waals surface area contributed by atoms with Crippen LogP contribution in [-0.2, 0) is 9.59 Å². The number of carboxylic acids is 2. The van der Waals surface area contributed by atoms with Crippen LogP contribution < -0.4 is 0 Å². The predicted octanol–water partition coefficient (Wildman–Crippen LogP) is 0.520. The molecule has 1 rings (SSSR count). The molecule has 0 saturated heterocycles. The van der Waals surface area contributed by atoms with Crippen molar-refractivity contribution in [1.29, 1.82) is 0 Å². The van der Waals surface area contributed by atoms with E-state index < -0.39 is 29.9 Å². The lowest BCUT2D eigenvalue weighted by atomic mass is 9.97. The summed E-state index contributed by atoms with van der Waals surface area (Å²) >= 11 is 0. The van der Waals surface area contributed by atoms with Crippen LogP contribution in [0.25, 0.3) is 0 Å². The van der Waals surface area contributed by atoms with Crippen LogP contribution in [0.1, 0.15) is 12.8 Å². The third-order valence-electron chi connectivity index (χ3n) is 2.14. The average Bonchev–Trinajstić information content (AvgIpc) is 2.31. The summed E-state index contributed by atoms with van der Waals surface area (Å²) in [4.78, 5) is 20.9. The Kier molecular flexibility index (Phi) is 2.30. The molecule has 0 heterocycles. The molecule has 0 amide bonds. The van der Waals surface area contributed by atoms with Gasteiger partial charge in [-0.05, 0) is 12.8 Å². The fraction of sp³-hybridized carbons (Fsp3) is 0.714. The Morgan fingerprint density at radius 3 is 1.67 bits per heavy atom. The second kappa shape index (κ2) is 3.08. The van der Waals surface area contributed by atoms with E-state index in [1.165, 1.54) is 0 Å². The largest absolute Gasteiger partial charge is 0.481 e. The summed E-state index contributed by atoms with van der Waals surface area (Å²) < 4.78 is 12.6. The van der Waals surface area contributed by atoms with Crippen LogP contribution in [0.15, 0.2) is 0 Å². The second-order valence-electron chi connectivity index (χ2n) is 2.96. The van der Waals surface area contributed by atoms with Crippen molar-refractivity contribution in [2.75, 3.05) is 0 Å². The molecule has 0 aliphatic heterocycles. The molecule has 1 aliphatic carbocycles. The van der Waals surface area contributed by atoms with E-state index in [-0.39, 0.29) is 12.8 Å². The molecule has 1 fully saturated rings. The van der Waals surface area contributed by atoms with Gasteiger partial charge in [-0.1, -0.05) is 0 Å². The van der Waals surface area contributed by atoms with Crippen LogP contribution >= 0.6 is 0 Å². The summed E-state index contributed by atoms with van der Waals surface area (Å²) in [6.45, 7) is 0. The van der Waals surface area contributed by atoms with E-state index in [0.717, 1.165) is 0 Å². The van der Waals surface area contributed by atoms with Crippen molar-refractivity contribution in [3.05, 3.63) is 0 Å². The number of aliphatic carboxylic acids is 2. The van der Waals surface area contributed by atoms with Crippen LogP contribution in [0.4, 0.5) is 4.39 Å². The molecule has 0 aromatic rings. The molecule has 1 aliphatic rings. The van der Waals surface area contributed by atoms with Gasteiger partial charge in [-0.3, -0.25) is 9.59 Å². The zero-order chi connectivity index (χ0) is 9.30. The zero-order valence-electron chi connectivity index (χ0n) is 6.24. The van der Waals surface area contributed by atoms with Gasteiger partial charge in [0.05, 0.1) is 11.8 Å². The van der Waals surface area contributed by atoms with Crippen molar-refractivity contribution in [3.8, 4) is 0 Å². The summed E-state index contributed by atoms with van der Waals surface area (Å²) in [5.74, 6) is -4.56. The normalized spacial score (nSPS) is 30.4. The zero-order valence-corrected chi connectivity index (χ0v) is 6.24. The summed E-state index contributed by atoms with van der Waals surface area (Å²) in [7, 11) is 0. The number of halogens is 1. The van der Waals surface area contributed by atoms with E-state index in [1.807, 2.05) is 0 Å². The standard InChI is InChI=1S/C7H9FO4/c8-3-1-4(6(9)10)5(2-3)7(11)12/h3-5H,1-2H2,(H,9,10)(H,11,12)/t4-,5-/m0/s1. The Morgan fingerprint density at radius 1 is 1.08 bits per heavy atom. The van der Waals surface area contributed by atoms with Gasteiger partial charge in [0.25, 0.3) is 0 Å². The van der Waals surface area contributed by atoms with Gasteiger partial charge in [0.2, 0.25) is 0 Å². The number of hydrogen-bond donors (Lipinski definition) is 2. The van der Waals surface area contributed by atoms with Gasteiger partial charge in [-0.2, -0.15) is 0 Å². The Balaban J connectivity index is 2.72. The SMILES string of the molecule is O=C(O)[C@H]1CC(F)C[C@@H]1C(=O)O. The predicted molar refractivity (Wildman–Crippen MR) is 36.4 cm³/mol. The van der Waals surface area contributed by atoms with Crippen molar-refractivity contribution in [1.82, 2.24) is 0 Å². The van der Waals surface area contributed by atoms with Gasteiger partial charge < -0.3 is 10.2 Å². The van der Waals surface area contributed by atoms with Crippen LogP contribution in [-0.4, -0.2) is 28.3 Å². The second-order valence-corrected chi connectivity index (χ2v) is 2.96. The van der Waals surface area contributed by atoms with Crippen LogP contribution in [0.5, 0.6) is 0 Å². The molecule has 1 saturated carbocycles. The van der Waals surface area contributed by atoms with Crippen LogP contribution in [0.3, 0.4) is 0 Å². The smallest absolute Gasteiger partial charge is 0.307 e. The van der Waals surface area contributed by atoms with Crippen LogP contribution in [0, 0.1) is 11.8 Å². The molecule has 0 unspecified atom stereocenters. The van der Waals surface area contributed by atoms with E-state index in [1.54, 1.807) is 0 Å². The highest BCUT2D eigenvalue weighted by atomic mass is 19.1. The summed E-state index contributed by atoms with van der Waals surface area (Å²) in [6.07, 6.45) is -1.63. The van der Waals surface area contributed by atoms with Gasteiger partial charge in [-0.25, -0.2) is 4.39 Å². The molecule has 0 aromatic carbocycles. The van der Waals surface area contributed by atoms with Crippen LogP contribution in [0.2, 0.25) is 0 Å². The van der Waals surface area contributed by atoms with Crippen molar-refractivity contribution >= 4 is 11.9 Å². The van der Waals surface area contributed by atoms with Gasteiger partial charge >= 0.3 is 11.9 Å². The minimum atomic E-state index is -1.28. The monoisotopic (exact) mass is 176 g/mol. The number of alkyl halides is 1. The maximum absolute atomic E-state index is 12.6. The lowest BCUT2D eigenvalue weighted by Crippen LogP contribution is -2.24. The van der Waals surface area contributed by atoms with E-state index >= 15 is 0 Å². The summed E-state index contributed by atoms with van der Waals surface area (Å²) in [5, 5.41) is 17.0. The summed E-state index contributed by atoms with van der Waals surface area (Å²) in [5.41, 5.74) is 0. The molecule has 0 spiro atoms. The first-order valence-electron chi connectivity index (χ1n) is 3.62. The Labute approximate surface area is 68.0 Å². The highest BCUT2D eigenvalue weighted by Crippen LogP contribution is 2.34. The third-order valence-corrected chi connectivity index (χ3v) is 2.14. The maximum Gasteiger partial charge on any atom is 0.307 e. The Bertz CT molecular complexity index is 193. The molecule has 68 valence electrons. The molecule has 5 heteroatoms. The number of carbonyl (C=O) groups is 2. The fourth-order valence-corrected chi connectivity index (χ4v) is 1.52. The molecule has 0 aromatic heterocycles.